The molecule has 1 saturated heterocycles. The Labute approximate surface area is 127 Å². The Balaban J connectivity index is 1.50. The molecule has 1 aliphatic heterocycles. The van der Waals surface area contributed by atoms with Gasteiger partial charge in [0.15, 0.2) is 0 Å². The molecule has 0 saturated carbocycles. The first-order valence-corrected chi connectivity index (χ1v) is 8.07. The summed E-state index contributed by atoms with van der Waals surface area (Å²) >= 11 is 0. The fraction of sp³-hybridized carbons (Fsp3) is 0.556. The highest BCUT2D eigenvalue weighted by molar-refractivity contribution is 5.72. The highest BCUT2D eigenvalue weighted by Gasteiger charge is 2.31. The van der Waals surface area contributed by atoms with Crippen LogP contribution in [0.4, 0.5) is 0 Å². The molecule has 2 N–H and O–H groups in total. The molecule has 3 rings (SSSR count). The summed E-state index contributed by atoms with van der Waals surface area (Å²) in [4.78, 5) is 2.49. The molecule has 1 aromatic rings. The Morgan fingerprint density at radius 3 is 2.76 bits per heavy atom. The Morgan fingerprint density at radius 2 is 2.00 bits per heavy atom. The van der Waals surface area contributed by atoms with Gasteiger partial charge in [-0.2, -0.15) is 0 Å². The molecule has 0 amide bonds. The molecule has 1 aliphatic carbocycles. The van der Waals surface area contributed by atoms with Crippen LogP contribution in [0.1, 0.15) is 30.4 Å². The van der Waals surface area contributed by atoms with Crippen LogP contribution < -0.4 is 5.32 Å². The minimum absolute atomic E-state index is 0.496. The van der Waals surface area contributed by atoms with Gasteiger partial charge in [0.1, 0.15) is 0 Å². The predicted molar refractivity (Wildman–Crippen MR) is 87.3 cm³/mol. The van der Waals surface area contributed by atoms with Crippen molar-refractivity contribution in [2.45, 2.75) is 31.3 Å². The molecule has 114 valence electrons. The zero-order valence-corrected chi connectivity index (χ0v) is 12.9. The first kappa shape index (κ1) is 14.8. The van der Waals surface area contributed by atoms with Gasteiger partial charge in [-0.3, -0.25) is 0 Å². The summed E-state index contributed by atoms with van der Waals surface area (Å²) in [7, 11) is 1.91. The number of allylic oxidation sites excluding steroid dienone is 1. The average Bonchev–Trinajstić information content (AvgIpc) is 2.90. The number of fused-ring (bicyclic) bond motifs is 1. The Morgan fingerprint density at radius 1 is 1.24 bits per heavy atom. The topological polar surface area (TPSA) is 35.5 Å². The molecule has 3 nitrogen and oxygen atoms in total. The zero-order chi connectivity index (χ0) is 14.7. The van der Waals surface area contributed by atoms with E-state index in [9.17, 15) is 5.11 Å². The molecule has 1 heterocycles. The fourth-order valence-electron chi connectivity index (χ4n) is 3.57. The lowest BCUT2D eigenvalue weighted by Gasteiger charge is -2.38. The van der Waals surface area contributed by atoms with Gasteiger partial charge in [0.2, 0.25) is 0 Å². The maximum atomic E-state index is 10.4. The molecule has 21 heavy (non-hydrogen) atoms. The van der Waals surface area contributed by atoms with Gasteiger partial charge in [-0.05, 0) is 49.4 Å². The van der Waals surface area contributed by atoms with E-state index >= 15 is 0 Å². The number of benzene rings is 1. The molecular weight excluding hydrogens is 260 g/mol. The number of likely N-dealkylation sites (tertiary alicyclic amines) is 1. The first-order valence-electron chi connectivity index (χ1n) is 8.07. The number of hydrogen-bond acceptors (Lipinski definition) is 3. The molecule has 0 atom stereocenters. The highest BCUT2D eigenvalue weighted by Crippen LogP contribution is 2.30. The van der Waals surface area contributed by atoms with Crippen molar-refractivity contribution in [2.75, 3.05) is 33.2 Å². The summed E-state index contributed by atoms with van der Waals surface area (Å²) in [6.45, 7) is 3.83. The van der Waals surface area contributed by atoms with Crippen LogP contribution in [0.25, 0.3) is 5.57 Å². The number of piperidine rings is 1. The molecule has 1 aromatic carbocycles. The van der Waals surface area contributed by atoms with E-state index < -0.39 is 5.60 Å². The van der Waals surface area contributed by atoms with Crippen molar-refractivity contribution in [3.63, 3.8) is 0 Å². The molecular formula is C18H26N2O. The second-order valence-corrected chi connectivity index (χ2v) is 6.44. The van der Waals surface area contributed by atoms with E-state index in [-0.39, 0.29) is 0 Å². The van der Waals surface area contributed by atoms with E-state index in [0.29, 0.717) is 6.54 Å². The van der Waals surface area contributed by atoms with Crippen molar-refractivity contribution in [3.05, 3.63) is 41.5 Å². The van der Waals surface area contributed by atoms with Crippen LogP contribution in [-0.4, -0.2) is 48.8 Å². The number of hydrogen-bond donors (Lipinski definition) is 2. The van der Waals surface area contributed by atoms with Crippen LogP contribution >= 0.6 is 0 Å². The maximum Gasteiger partial charge on any atom is 0.0795 e. The molecule has 1 fully saturated rings. The lowest BCUT2D eigenvalue weighted by atomic mass is 9.91. The standard InChI is InChI=1S/C18H26N2O/c1-19-14-18(21)9-12-20(13-10-18)11-8-16-7-6-15-4-2-3-5-17(15)16/h2-5,7,19,21H,6,8-14H2,1H3. The zero-order valence-electron chi connectivity index (χ0n) is 12.9. The van der Waals surface area contributed by atoms with Crippen LogP contribution in [0.5, 0.6) is 0 Å². The van der Waals surface area contributed by atoms with E-state index in [0.717, 1.165) is 45.3 Å². The normalized spacial score (nSPS) is 21.1. The summed E-state index contributed by atoms with van der Waals surface area (Å²) in [6.07, 6.45) is 6.35. The van der Waals surface area contributed by atoms with Crippen molar-refractivity contribution in [1.82, 2.24) is 10.2 Å². The van der Waals surface area contributed by atoms with Gasteiger partial charge in [-0.25, -0.2) is 0 Å². The minimum Gasteiger partial charge on any atom is -0.388 e. The number of nitrogens with zero attached hydrogens (tertiary/aromatic N) is 1. The number of aliphatic hydroxyl groups is 1. The van der Waals surface area contributed by atoms with Gasteiger partial charge < -0.3 is 15.3 Å². The molecule has 0 unspecified atom stereocenters. The van der Waals surface area contributed by atoms with Crippen molar-refractivity contribution in [1.29, 1.82) is 0 Å². The number of nitrogens with one attached hydrogen (secondary N) is 1. The molecule has 2 aliphatic rings. The summed E-state index contributed by atoms with van der Waals surface area (Å²) in [5.74, 6) is 0. The van der Waals surface area contributed by atoms with E-state index in [4.69, 9.17) is 0 Å². The van der Waals surface area contributed by atoms with Crippen LogP contribution in [0.2, 0.25) is 0 Å². The quantitative estimate of drug-likeness (QED) is 0.870. The largest absolute Gasteiger partial charge is 0.388 e. The number of rotatable bonds is 5. The third-order valence-corrected chi connectivity index (χ3v) is 4.92. The lowest BCUT2D eigenvalue weighted by Crippen LogP contribution is -2.49. The molecule has 0 spiro atoms. The summed E-state index contributed by atoms with van der Waals surface area (Å²) in [5.41, 5.74) is 3.92. The second-order valence-electron chi connectivity index (χ2n) is 6.44. The Hall–Kier alpha value is -1.16. The fourth-order valence-corrected chi connectivity index (χ4v) is 3.57. The van der Waals surface area contributed by atoms with Gasteiger partial charge >= 0.3 is 0 Å². The summed E-state index contributed by atoms with van der Waals surface area (Å²) < 4.78 is 0. The molecule has 0 aromatic heterocycles. The van der Waals surface area contributed by atoms with Gasteiger partial charge in [0.25, 0.3) is 0 Å². The third-order valence-electron chi connectivity index (χ3n) is 4.92. The van der Waals surface area contributed by atoms with Crippen LogP contribution in [0.3, 0.4) is 0 Å². The first-order chi connectivity index (χ1) is 10.2. The van der Waals surface area contributed by atoms with Crippen molar-refractivity contribution >= 4 is 5.57 Å². The summed E-state index contributed by atoms with van der Waals surface area (Å²) in [5, 5.41) is 13.5. The average molecular weight is 286 g/mol. The predicted octanol–water partition coefficient (Wildman–Crippen LogP) is 2.06. The van der Waals surface area contributed by atoms with E-state index in [1.54, 1.807) is 0 Å². The van der Waals surface area contributed by atoms with Gasteiger partial charge in [-0.15, -0.1) is 0 Å². The van der Waals surface area contributed by atoms with Gasteiger partial charge in [0, 0.05) is 26.2 Å². The Kier molecular flexibility index (Phi) is 4.43. The summed E-state index contributed by atoms with van der Waals surface area (Å²) in [6, 6.07) is 8.74. The lowest BCUT2D eigenvalue weighted by molar-refractivity contribution is -0.0179. The van der Waals surface area contributed by atoms with E-state index in [2.05, 4.69) is 40.6 Å². The van der Waals surface area contributed by atoms with Crippen molar-refractivity contribution in [3.8, 4) is 0 Å². The van der Waals surface area contributed by atoms with Crippen molar-refractivity contribution in [2.24, 2.45) is 0 Å². The van der Waals surface area contributed by atoms with Crippen LogP contribution in [-0.2, 0) is 6.42 Å². The minimum atomic E-state index is -0.496. The Bertz CT molecular complexity index is 516. The molecule has 0 radical (unpaired) electrons. The molecule has 0 bridgehead atoms. The van der Waals surface area contributed by atoms with E-state index in [1.165, 1.54) is 16.7 Å². The monoisotopic (exact) mass is 286 g/mol. The third kappa shape index (κ3) is 3.37. The van der Waals surface area contributed by atoms with Gasteiger partial charge in [-0.1, -0.05) is 30.3 Å². The van der Waals surface area contributed by atoms with Crippen LogP contribution in [0, 0.1) is 0 Å². The SMILES string of the molecule is CNCC1(O)CCN(CCC2=CCc3ccccc32)CC1. The highest BCUT2D eigenvalue weighted by atomic mass is 16.3. The van der Waals surface area contributed by atoms with Crippen LogP contribution in [0.15, 0.2) is 30.3 Å². The smallest absolute Gasteiger partial charge is 0.0795 e. The van der Waals surface area contributed by atoms with Crippen molar-refractivity contribution < 1.29 is 5.11 Å². The maximum absolute atomic E-state index is 10.4. The molecule has 3 heteroatoms. The number of likely N-dealkylation sites (N-methyl/N-ethyl adjacent to an activating group) is 1. The van der Waals surface area contributed by atoms with E-state index in [1.807, 2.05) is 7.05 Å². The van der Waals surface area contributed by atoms with Gasteiger partial charge in [0.05, 0.1) is 5.60 Å². The second kappa shape index (κ2) is 6.30.